The van der Waals surface area contributed by atoms with E-state index in [1.807, 2.05) is 19.9 Å². The summed E-state index contributed by atoms with van der Waals surface area (Å²) in [6.45, 7) is 3.80. The van der Waals surface area contributed by atoms with Gasteiger partial charge in [-0.25, -0.2) is 8.42 Å². The third kappa shape index (κ3) is 4.72. The molecule has 30 heavy (non-hydrogen) atoms. The lowest BCUT2D eigenvalue weighted by atomic mass is 10.2. The summed E-state index contributed by atoms with van der Waals surface area (Å²) in [6, 6.07) is 15.2. The van der Waals surface area contributed by atoms with Crippen LogP contribution in [-0.2, 0) is 16.6 Å². The number of aryl methyl sites for hydroxylation is 2. The first-order chi connectivity index (χ1) is 14.2. The SMILES string of the molecule is COc1ccc(C)cc1NC(=O)c1ccc(CN(C)S(=O)(=O)c2ccc(C)cc2)o1. The number of nitrogens with zero attached hydrogens (tertiary/aromatic N) is 1. The van der Waals surface area contributed by atoms with Crippen molar-refractivity contribution in [1.29, 1.82) is 0 Å². The molecule has 0 aliphatic rings. The van der Waals surface area contributed by atoms with Crippen molar-refractivity contribution in [3.05, 3.63) is 77.2 Å². The normalized spacial score (nSPS) is 11.5. The second-order valence-corrected chi connectivity index (χ2v) is 9.04. The standard InChI is InChI=1S/C22H24N2O5S/c1-15-5-9-18(10-6-15)30(26,27)24(3)14-17-8-12-21(29-17)22(25)23-19-13-16(2)7-11-20(19)28-4/h5-13H,14H2,1-4H3,(H,23,25). The average molecular weight is 429 g/mol. The smallest absolute Gasteiger partial charge is 0.291 e. The van der Waals surface area contributed by atoms with Crippen LogP contribution in [0.4, 0.5) is 5.69 Å². The van der Waals surface area contributed by atoms with Gasteiger partial charge in [-0.3, -0.25) is 4.79 Å². The van der Waals surface area contributed by atoms with Crippen LogP contribution >= 0.6 is 0 Å². The Morgan fingerprint density at radius 3 is 2.37 bits per heavy atom. The van der Waals surface area contributed by atoms with Gasteiger partial charge in [-0.05, 0) is 55.8 Å². The molecule has 0 bridgehead atoms. The number of benzene rings is 2. The van der Waals surface area contributed by atoms with Crippen LogP contribution in [0.3, 0.4) is 0 Å². The van der Waals surface area contributed by atoms with Crippen molar-refractivity contribution in [2.75, 3.05) is 19.5 Å². The van der Waals surface area contributed by atoms with E-state index < -0.39 is 15.9 Å². The summed E-state index contributed by atoms with van der Waals surface area (Å²) in [7, 11) is -0.680. The number of hydrogen-bond acceptors (Lipinski definition) is 5. The Balaban J connectivity index is 1.72. The molecule has 0 radical (unpaired) electrons. The Hall–Kier alpha value is -3.10. The lowest BCUT2D eigenvalue weighted by Gasteiger charge is -2.16. The van der Waals surface area contributed by atoms with Crippen molar-refractivity contribution in [3.63, 3.8) is 0 Å². The highest BCUT2D eigenvalue weighted by Crippen LogP contribution is 2.26. The van der Waals surface area contributed by atoms with Gasteiger partial charge >= 0.3 is 0 Å². The fourth-order valence-corrected chi connectivity index (χ4v) is 4.02. The molecule has 8 heteroatoms. The molecule has 2 aromatic carbocycles. The Bertz CT molecular complexity index is 1150. The number of amides is 1. The van der Waals surface area contributed by atoms with Crippen LogP contribution in [0.5, 0.6) is 5.75 Å². The van der Waals surface area contributed by atoms with Gasteiger partial charge in [0, 0.05) is 7.05 Å². The van der Waals surface area contributed by atoms with E-state index in [1.54, 1.807) is 42.5 Å². The minimum absolute atomic E-state index is 0.00272. The second-order valence-electron chi connectivity index (χ2n) is 7.00. The van der Waals surface area contributed by atoms with Gasteiger partial charge in [0.2, 0.25) is 10.0 Å². The largest absolute Gasteiger partial charge is 0.495 e. The Morgan fingerprint density at radius 1 is 1.03 bits per heavy atom. The maximum atomic E-state index is 12.7. The number of nitrogens with one attached hydrogen (secondary N) is 1. The van der Waals surface area contributed by atoms with E-state index >= 15 is 0 Å². The second kappa shape index (κ2) is 8.73. The van der Waals surface area contributed by atoms with Crippen LogP contribution in [0.15, 0.2) is 63.9 Å². The molecule has 7 nitrogen and oxygen atoms in total. The van der Waals surface area contributed by atoms with Gasteiger partial charge in [-0.15, -0.1) is 0 Å². The summed E-state index contributed by atoms with van der Waals surface area (Å²) >= 11 is 0. The molecule has 0 unspecified atom stereocenters. The molecule has 0 saturated carbocycles. The Morgan fingerprint density at radius 2 is 1.70 bits per heavy atom. The zero-order valence-corrected chi connectivity index (χ0v) is 18.1. The molecular weight excluding hydrogens is 404 g/mol. The van der Waals surface area contributed by atoms with Crippen LogP contribution in [0.25, 0.3) is 0 Å². The number of carbonyl (C=O) groups excluding carboxylic acids is 1. The van der Waals surface area contributed by atoms with Gasteiger partial charge in [-0.1, -0.05) is 23.8 Å². The zero-order valence-electron chi connectivity index (χ0n) is 17.3. The molecule has 1 heterocycles. The number of ether oxygens (including phenoxy) is 1. The third-order valence-corrected chi connectivity index (χ3v) is 6.41. The van der Waals surface area contributed by atoms with Gasteiger partial charge in [0.15, 0.2) is 5.76 Å². The van der Waals surface area contributed by atoms with Crippen molar-refractivity contribution >= 4 is 21.6 Å². The van der Waals surface area contributed by atoms with Gasteiger partial charge in [0.1, 0.15) is 11.5 Å². The van der Waals surface area contributed by atoms with E-state index in [-0.39, 0.29) is 17.2 Å². The number of sulfonamides is 1. The number of methoxy groups -OCH3 is 1. The fourth-order valence-electron chi connectivity index (χ4n) is 2.88. The van der Waals surface area contributed by atoms with Crippen molar-refractivity contribution < 1.29 is 22.4 Å². The Kier molecular flexibility index (Phi) is 6.28. The minimum atomic E-state index is -3.67. The molecule has 3 rings (SSSR count). The molecule has 0 saturated heterocycles. The first-order valence-corrected chi connectivity index (χ1v) is 10.7. The summed E-state index contributed by atoms with van der Waals surface area (Å²) < 4.78 is 37.5. The Labute approximate surface area is 176 Å². The van der Waals surface area contributed by atoms with Crippen molar-refractivity contribution in [1.82, 2.24) is 4.31 Å². The monoisotopic (exact) mass is 428 g/mol. The topological polar surface area (TPSA) is 88.9 Å². The zero-order chi connectivity index (χ0) is 21.9. The van der Waals surface area contributed by atoms with Gasteiger partial charge in [0.25, 0.3) is 5.91 Å². The predicted molar refractivity (Wildman–Crippen MR) is 114 cm³/mol. The van der Waals surface area contributed by atoms with Crippen LogP contribution in [0, 0.1) is 13.8 Å². The number of rotatable bonds is 7. The maximum Gasteiger partial charge on any atom is 0.291 e. The number of anilines is 1. The molecule has 158 valence electrons. The molecule has 0 spiro atoms. The summed E-state index contributed by atoms with van der Waals surface area (Å²) in [5.41, 5.74) is 2.47. The summed E-state index contributed by atoms with van der Waals surface area (Å²) in [6.07, 6.45) is 0. The third-order valence-electron chi connectivity index (χ3n) is 4.60. The van der Waals surface area contributed by atoms with E-state index in [2.05, 4.69) is 5.32 Å². The molecule has 1 aromatic heterocycles. The van der Waals surface area contributed by atoms with E-state index in [9.17, 15) is 13.2 Å². The van der Waals surface area contributed by atoms with Crippen molar-refractivity contribution in [2.45, 2.75) is 25.3 Å². The summed E-state index contributed by atoms with van der Waals surface area (Å²) in [5, 5.41) is 2.76. The van der Waals surface area contributed by atoms with Crippen molar-refractivity contribution in [2.24, 2.45) is 0 Å². The first kappa shape index (κ1) is 21.6. The predicted octanol–water partition coefficient (Wildman–Crippen LogP) is 3.98. The average Bonchev–Trinajstić information content (AvgIpc) is 3.17. The first-order valence-electron chi connectivity index (χ1n) is 9.28. The quantitative estimate of drug-likeness (QED) is 0.615. The summed E-state index contributed by atoms with van der Waals surface area (Å²) in [5.74, 6) is 0.517. The lowest BCUT2D eigenvalue weighted by Crippen LogP contribution is -2.26. The molecule has 3 aromatic rings. The number of hydrogen-bond donors (Lipinski definition) is 1. The minimum Gasteiger partial charge on any atom is -0.495 e. The highest BCUT2D eigenvalue weighted by Gasteiger charge is 2.22. The number of furan rings is 1. The molecular formula is C22H24N2O5S. The van der Waals surface area contributed by atoms with Gasteiger partial charge < -0.3 is 14.5 Å². The summed E-state index contributed by atoms with van der Waals surface area (Å²) in [4.78, 5) is 12.8. The highest BCUT2D eigenvalue weighted by molar-refractivity contribution is 7.89. The van der Waals surface area contributed by atoms with Gasteiger partial charge in [0.05, 0.1) is 24.2 Å². The van der Waals surface area contributed by atoms with E-state index in [0.717, 1.165) is 11.1 Å². The number of carbonyl (C=O) groups is 1. The van der Waals surface area contributed by atoms with Crippen LogP contribution in [0.1, 0.15) is 27.4 Å². The van der Waals surface area contributed by atoms with Crippen LogP contribution < -0.4 is 10.1 Å². The van der Waals surface area contributed by atoms with Crippen LogP contribution in [0.2, 0.25) is 0 Å². The highest BCUT2D eigenvalue weighted by atomic mass is 32.2. The molecule has 0 fully saturated rings. The molecule has 0 aliphatic heterocycles. The van der Waals surface area contributed by atoms with E-state index in [4.69, 9.17) is 9.15 Å². The maximum absolute atomic E-state index is 12.7. The van der Waals surface area contributed by atoms with Gasteiger partial charge in [-0.2, -0.15) is 4.31 Å². The van der Waals surface area contributed by atoms with Crippen molar-refractivity contribution in [3.8, 4) is 5.75 Å². The molecule has 1 amide bonds. The van der Waals surface area contributed by atoms with E-state index in [0.29, 0.717) is 17.2 Å². The molecule has 1 N–H and O–H groups in total. The molecule has 0 aliphatic carbocycles. The van der Waals surface area contributed by atoms with E-state index in [1.165, 1.54) is 24.5 Å². The van der Waals surface area contributed by atoms with Crippen LogP contribution in [-0.4, -0.2) is 32.8 Å². The molecule has 0 atom stereocenters. The lowest BCUT2D eigenvalue weighted by molar-refractivity contribution is 0.0994. The fraction of sp³-hybridized carbons (Fsp3) is 0.227.